The van der Waals surface area contributed by atoms with Gasteiger partial charge in [-0.25, -0.2) is 0 Å². The Hall–Kier alpha value is -1.92. The normalized spacial score (nSPS) is 16.1. The van der Waals surface area contributed by atoms with Crippen LogP contribution in [0.3, 0.4) is 0 Å². The number of phenolic OH excluding ortho intramolecular Hbond substituents is 1. The molecular formula is C24H31ClF3NO2. The van der Waals surface area contributed by atoms with Crippen molar-refractivity contribution in [3.63, 3.8) is 0 Å². The molecule has 7 heteroatoms. The van der Waals surface area contributed by atoms with Gasteiger partial charge in [0.2, 0.25) is 0 Å². The van der Waals surface area contributed by atoms with Crippen LogP contribution < -0.4 is 10.1 Å². The second-order valence-corrected chi connectivity index (χ2v) is 9.48. The third-order valence-electron chi connectivity index (χ3n) is 5.87. The highest BCUT2D eigenvalue weighted by atomic mass is 35.5. The van der Waals surface area contributed by atoms with Crippen molar-refractivity contribution in [1.82, 2.24) is 5.32 Å². The lowest BCUT2D eigenvalue weighted by molar-refractivity contribution is -0.274. The second kappa shape index (κ2) is 9.29. The Morgan fingerprint density at radius 3 is 2.13 bits per heavy atom. The van der Waals surface area contributed by atoms with Crippen LogP contribution in [0.25, 0.3) is 11.1 Å². The predicted molar refractivity (Wildman–Crippen MR) is 120 cm³/mol. The van der Waals surface area contributed by atoms with Gasteiger partial charge in [0.15, 0.2) is 0 Å². The molecule has 3 nitrogen and oxygen atoms in total. The van der Waals surface area contributed by atoms with Crippen LogP contribution in [0, 0.1) is 0 Å². The first kappa shape index (κ1) is 25.3. The highest BCUT2D eigenvalue weighted by Gasteiger charge is 2.31. The van der Waals surface area contributed by atoms with E-state index in [0.29, 0.717) is 17.7 Å². The molecule has 0 radical (unpaired) electrons. The summed E-state index contributed by atoms with van der Waals surface area (Å²) in [5.41, 5.74) is 3.02. The number of hydrogen-bond donors (Lipinski definition) is 2. The molecule has 0 aromatic heterocycles. The van der Waals surface area contributed by atoms with E-state index in [2.05, 4.69) is 37.7 Å². The molecule has 172 valence electrons. The Bertz CT molecular complexity index is 883. The molecule has 1 fully saturated rings. The van der Waals surface area contributed by atoms with Crippen molar-refractivity contribution < 1.29 is 23.0 Å². The van der Waals surface area contributed by atoms with Crippen molar-refractivity contribution in [2.75, 3.05) is 0 Å². The lowest BCUT2D eigenvalue weighted by atomic mass is 9.83. The van der Waals surface area contributed by atoms with E-state index in [1.54, 1.807) is 0 Å². The molecule has 2 aromatic rings. The Morgan fingerprint density at radius 2 is 1.61 bits per heavy atom. The van der Waals surface area contributed by atoms with E-state index in [4.69, 9.17) is 0 Å². The van der Waals surface area contributed by atoms with Gasteiger partial charge in [-0.05, 0) is 54.5 Å². The van der Waals surface area contributed by atoms with Gasteiger partial charge in [-0.15, -0.1) is 25.6 Å². The standard InChI is InChI=1S/C24H30F3NO2.ClH/c1-22(2,3)18-13-17(15-28-23(4)11-5-6-12-23)21(29)20(14-18)16-7-9-19(10-8-16)30-24(25,26)27;/h7-10,13-14,28-29H,5-6,11-12,15H2,1-4H3;1H. The third kappa shape index (κ3) is 6.53. The van der Waals surface area contributed by atoms with Gasteiger partial charge >= 0.3 is 6.36 Å². The van der Waals surface area contributed by atoms with E-state index < -0.39 is 6.36 Å². The van der Waals surface area contributed by atoms with E-state index in [1.165, 1.54) is 37.1 Å². The second-order valence-electron chi connectivity index (χ2n) is 9.48. The highest BCUT2D eigenvalue weighted by Crippen LogP contribution is 2.39. The zero-order valence-electron chi connectivity index (χ0n) is 18.4. The van der Waals surface area contributed by atoms with Gasteiger partial charge in [-0.3, -0.25) is 0 Å². The van der Waals surface area contributed by atoms with Crippen LogP contribution in [0.4, 0.5) is 13.2 Å². The molecule has 0 amide bonds. The SMILES string of the molecule is CC1(NCc2cc(C(C)(C)C)cc(-c3ccc(OC(F)(F)F)cc3)c2O)CCCC1.Cl. The fourth-order valence-corrected chi connectivity index (χ4v) is 3.96. The smallest absolute Gasteiger partial charge is 0.507 e. The molecule has 0 aliphatic heterocycles. The van der Waals surface area contributed by atoms with Crippen LogP contribution in [0.5, 0.6) is 11.5 Å². The first-order chi connectivity index (χ1) is 13.9. The minimum Gasteiger partial charge on any atom is -0.507 e. The van der Waals surface area contributed by atoms with Crippen LogP contribution in [-0.4, -0.2) is 17.0 Å². The molecule has 0 spiro atoms. The minimum absolute atomic E-state index is 0. The van der Waals surface area contributed by atoms with Gasteiger partial charge in [0.25, 0.3) is 0 Å². The lowest BCUT2D eigenvalue weighted by Crippen LogP contribution is -2.38. The first-order valence-corrected chi connectivity index (χ1v) is 10.3. The number of hydrogen-bond acceptors (Lipinski definition) is 3. The Balaban J connectivity index is 0.00000341. The van der Waals surface area contributed by atoms with E-state index in [-0.39, 0.29) is 34.9 Å². The van der Waals surface area contributed by atoms with E-state index in [9.17, 15) is 18.3 Å². The Morgan fingerprint density at radius 1 is 1.03 bits per heavy atom. The molecule has 0 heterocycles. The van der Waals surface area contributed by atoms with Crippen molar-refractivity contribution in [2.24, 2.45) is 0 Å². The third-order valence-corrected chi connectivity index (χ3v) is 5.87. The maximum atomic E-state index is 12.4. The van der Waals surface area contributed by atoms with Crippen molar-refractivity contribution in [3.8, 4) is 22.6 Å². The zero-order valence-corrected chi connectivity index (χ0v) is 19.2. The number of rotatable bonds is 5. The predicted octanol–water partition coefficient (Wildman–Crippen LogP) is 7.10. The summed E-state index contributed by atoms with van der Waals surface area (Å²) in [5, 5.41) is 14.6. The van der Waals surface area contributed by atoms with Crippen LogP contribution in [-0.2, 0) is 12.0 Å². The quantitative estimate of drug-likeness (QED) is 0.503. The van der Waals surface area contributed by atoms with Gasteiger partial charge in [-0.1, -0.05) is 51.8 Å². The first-order valence-electron chi connectivity index (χ1n) is 10.3. The van der Waals surface area contributed by atoms with Crippen molar-refractivity contribution in [1.29, 1.82) is 0 Å². The summed E-state index contributed by atoms with van der Waals surface area (Å²) < 4.78 is 41.3. The molecule has 0 atom stereocenters. The Labute approximate surface area is 188 Å². The molecule has 1 aliphatic carbocycles. The summed E-state index contributed by atoms with van der Waals surface area (Å²) in [5.74, 6) is -0.129. The molecule has 31 heavy (non-hydrogen) atoms. The van der Waals surface area contributed by atoms with Crippen molar-refractivity contribution in [2.45, 2.75) is 77.2 Å². The number of aromatic hydroxyl groups is 1. The summed E-state index contributed by atoms with van der Waals surface area (Å²) in [6.45, 7) is 9.04. The monoisotopic (exact) mass is 457 g/mol. The lowest BCUT2D eigenvalue weighted by Gasteiger charge is -2.27. The van der Waals surface area contributed by atoms with Crippen molar-refractivity contribution in [3.05, 3.63) is 47.5 Å². The van der Waals surface area contributed by atoms with Gasteiger partial charge in [0.05, 0.1) is 0 Å². The van der Waals surface area contributed by atoms with Gasteiger partial charge in [-0.2, -0.15) is 0 Å². The number of nitrogens with one attached hydrogen (secondary N) is 1. The molecule has 0 saturated heterocycles. The molecule has 1 aliphatic rings. The Kier molecular flexibility index (Phi) is 7.59. The van der Waals surface area contributed by atoms with Crippen LogP contribution in [0.15, 0.2) is 36.4 Å². The average Bonchev–Trinajstić information content (AvgIpc) is 3.06. The minimum atomic E-state index is -4.73. The number of alkyl halides is 3. The van der Waals surface area contributed by atoms with Gasteiger partial charge in [0.1, 0.15) is 11.5 Å². The van der Waals surface area contributed by atoms with E-state index >= 15 is 0 Å². The molecule has 0 unspecified atom stereocenters. The number of phenols is 1. The van der Waals surface area contributed by atoms with Crippen LogP contribution in [0.1, 0.15) is 64.5 Å². The number of halogens is 4. The molecular weight excluding hydrogens is 427 g/mol. The summed E-state index contributed by atoms with van der Waals surface area (Å²) in [4.78, 5) is 0. The summed E-state index contributed by atoms with van der Waals surface area (Å²) >= 11 is 0. The number of ether oxygens (including phenoxy) is 1. The topological polar surface area (TPSA) is 41.5 Å². The maximum Gasteiger partial charge on any atom is 0.573 e. The van der Waals surface area contributed by atoms with E-state index in [0.717, 1.165) is 24.0 Å². The average molecular weight is 458 g/mol. The largest absolute Gasteiger partial charge is 0.573 e. The fourth-order valence-electron chi connectivity index (χ4n) is 3.96. The van der Waals surface area contributed by atoms with Crippen LogP contribution in [0.2, 0.25) is 0 Å². The summed E-state index contributed by atoms with van der Waals surface area (Å²) in [6.07, 6.45) is -0.101. The molecule has 3 rings (SSSR count). The summed E-state index contributed by atoms with van der Waals surface area (Å²) in [7, 11) is 0. The molecule has 2 N–H and O–H groups in total. The summed E-state index contributed by atoms with van der Waals surface area (Å²) in [6, 6.07) is 9.55. The van der Waals surface area contributed by atoms with Gasteiger partial charge < -0.3 is 15.2 Å². The number of benzene rings is 2. The molecule has 0 bridgehead atoms. The molecule has 2 aromatic carbocycles. The fraction of sp³-hybridized carbons (Fsp3) is 0.500. The van der Waals surface area contributed by atoms with Crippen molar-refractivity contribution >= 4 is 12.4 Å². The molecule has 1 saturated carbocycles. The highest BCUT2D eigenvalue weighted by molar-refractivity contribution is 5.85. The zero-order chi connectivity index (χ0) is 22.2. The van der Waals surface area contributed by atoms with Crippen LogP contribution >= 0.6 is 12.4 Å². The maximum absolute atomic E-state index is 12.4. The van der Waals surface area contributed by atoms with E-state index in [1.807, 2.05) is 12.1 Å². The van der Waals surface area contributed by atoms with Gasteiger partial charge in [0, 0.05) is 23.2 Å².